The topological polar surface area (TPSA) is 6.25 Å². The highest BCUT2D eigenvalue weighted by Gasteiger charge is 2.43. The Morgan fingerprint density at radius 3 is 2.11 bits per heavy atom. The van der Waals surface area contributed by atoms with E-state index in [1.807, 2.05) is 0 Å². The van der Waals surface area contributed by atoms with Crippen LogP contribution >= 0.6 is 31.9 Å². The van der Waals surface area contributed by atoms with E-state index in [9.17, 15) is 0 Å². The van der Waals surface area contributed by atoms with E-state index in [-0.39, 0.29) is 10.8 Å². The number of nitrogens with zero attached hydrogens (tertiary/aromatic N) is 2. The van der Waals surface area contributed by atoms with E-state index >= 15 is 0 Å². The standard InChI is InChI=1S/C31H35Br2N2/c1-7-34-26-18-16-22(32)20-24(26)30(3,4)28(34)14-12-10-9-11-13-15-29-31(5,6)25-21-23(33)17-19-27(25)35(29)8-2/h9-21H,7-8H2,1-6H3/q+1. The van der Waals surface area contributed by atoms with Crippen LogP contribution in [0.1, 0.15) is 52.7 Å². The van der Waals surface area contributed by atoms with Gasteiger partial charge >= 0.3 is 0 Å². The fourth-order valence-corrected chi connectivity index (χ4v) is 6.18. The molecular weight excluding hydrogens is 560 g/mol. The zero-order valence-electron chi connectivity index (χ0n) is 21.6. The van der Waals surface area contributed by atoms with Crippen LogP contribution in [0.5, 0.6) is 0 Å². The van der Waals surface area contributed by atoms with Crippen LogP contribution in [0, 0.1) is 0 Å². The van der Waals surface area contributed by atoms with Crippen LogP contribution in [0.15, 0.2) is 93.6 Å². The lowest BCUT2D eigenvalue weighted by atomic mass is 9.81. The van der Waals surface area contributed by atoms with Crippen molar-refractivity contribution in [2.75, 3.05) is 18.0 Å². The first-order valence-electron chi connectivity index (χ1n) is 12.4. The van der Waals surface area contributed by atoms with Gasteiger partial charge in [0.15, 0.2) is 5.71 Å². The van der Waals surface area contributed by atoms with Gasteiger partial charge in [-0.2, -0.15) is 4.58 Å². The molecular formula is C31H35Br2N2+. The van der Waals surface area contributed by atoms with Gasteiger partial charge in [0.05, 0.1) is 5.41 Å². The molecule has 0 radical (unpaired) electrons. The number of allylic oxidation sites excluding steroid dienone is 8. The molecule has 35 heavy (non-hydrogen) atoms. The molecule has 0 saturated carbocycles. The molecule has 0 N–H and O–H groups in total. The normalized spacial score (nSPS) is 19.7. The fraction of sp³-hybridized carbons (Fsp3) is 0.323. The third-order valence-corrected chi connectivity index (χ3v) is 8.28. The van der Waals surface area contributed by atoms with Crippen molar-refractivity contribution >= 4 is 48.9 Å². The number of halogens is 2. The summed E-state index contributed by atoms with van der Waals surface area (Å²) in [5, 5.41) is 0. The Morgan fingerprint density at radius 2 is 1.43 bits per heavy atom. The zero-order valence-corrected chi connectivity index (χ0v) is 24.7. The van der Waals surface area contributed by atoms with E-state index < -0.39 is 0 Å². The van der Waals surface area contributed by atoms with Crippen LogP contribution in [0.4, 0.5) is 11.4 Å². The van der Waals surface area contributed by atoms with Crippen molar-refractivity contribution in [1.82, 2.24) is 0 Å². The average Bonchev–Trinajstić information content (AvgIpc) is 3.16. The minimum absolute atomic E-state index is 0.0264. The molecule has 2 aliphatic rings. The maximum absolute atomic E-state index is 3.64. The van der Waals surface area contributed by atoms with Gasteiger partial charge in [-0.3, -0.25) is 0 Å². The summed E-state index contributed by atoms with van der Waals surface area (Å²) in [5.41, 5.74) is 7.97. The molecule has 4 heteroatoms. The van der Waals surface area contributed by atoms with Crippen molar-refractivity contribution in [3.8, 4) is 0 Å². The summed E-state index contributed by atoms with van der Waals surface area (Å²) in [7, 11) is 0. The molecule has 0 aliphatic carbocycles. The van der Waals surface area contributed by atoms with Gasteiger partial charge in [0, 0.05) is 50.0 Å². The Morgan fingerprint density at radius 1 is 0.800 bits per heavy atom. The Hall–Kier alpha value is -2.17. The molecule has 0 amide bonds. The predicted molar refractivity (Wildman–Crippen MR) is 158 cm³/mol. The van der Waals surface area contributed by atoms with Crippen molar-refractivity contribution in [3.63, 3.8) is 0 Å². The number of rotatable bonds is 6. The van der Waals surface area contributed by atoms with Gasteiger partial charge in [-0.25, -0.2) is 0 Å². The van der Waals surface area contributed by atoms with Crippen LogP contribution in [0.25, 0.3) is 0 Å². The molecule has 2 aromatic rings. The van der Waals surface area contributed by atoms with E-state index in [4.69, 9.17) is 0 Å². The smallest absolute Gasteiger partial charge is 0.209 e. The average molecular weight is 595 g/mol. The minimum Gasteiger partial charge on any atom is -0.344 e. The summed E-state index contributed by atoms with van der Waals surface area (Å²) in [6.45, 7) is 15.6. The van der Waals surface area contributed by atoms with Crippen molar-refractivity contribution < 1.29 is 4.58 Å². The van der Waals surface area contributed by atoms with Gasteiger partial charge in [0.25, 0.3) is 0 Å². The Labute approximate surface area is 227 Å². The van der Waals surface area contributed by atoms with Crippen molar-refractivity contribution in [1.29, 1.82) is 0 Å². The van der Waals surface area contributed by atoms with E-state index in [0.29, 0.717) is 0 Å². The molecule has 4 rings (SSSR count). The molecule has 2 aliphatic heterocycles. The first-order chi connectivity index (χ1) is 16.6. The van der Waals surface area contributed by atoms with Crippen molar-refractivity contribution in [2.45, 2.75) is 52.4 Å². The third-order valence-electron chi connectivity index (χ3n) is 7.29. The molecule has 0 fully saturated rings. The van der Waals surface area contributed by atoms with Crippen LogP contribution < -0.4 is 4.90 Å². The molecule has 0 bridgehead atoms. The van der Waals surface area contributed by atoms with Crippen LogP contribution in [-0.4, -0.2) is 23.4 Å². The van der Waals surface area contributed by atoms with Crippen LogP contribution in [0.2, 0.25) is 0 Å². The summed E-state index contributed by atoms with van der Waals surface area (Å²) in [6, 6.07) is 13.2. The van der Waals surface area contributed by atoms with Gasteiger partial charge in [-0.05, 0) is 69.7 Å². The second kappa shape index (κ2) is 10.1. The molecule has 0 saturated heterocycles. The van der Waals surface area contributed by atoms with Gasteiger partial charge < -0.3 is 4.90 Å². The van der Waals surface area contributed by atoms with E-state index in [1.54, 1.807) is 0 Å². The summed E-state index contributed by atoms with van der Waals surface area (Å²) in [4.78, 5) is 2.42. The highest BCUT2D eigenvalue weighted by molar-refractivity contribution is 9.10. The van der Waals surface area contributed by atoms with Crippen LogP contribution in [0.3, 0.4) is 0 Å². The highest BCUT2D eigenvalue weighted by Crippen LogP contribution is 2.48. The molecule has 2 aromatic carbocycles. The molecule has 0 atom stereocenters. The van der Waals surface area contributed by atoms with Crippen LogP contribution in [-0.2, 0) is 10.8 Å². The quantitative estimate of drug-likeness (QED) is 0.239. The molecule has 0 spiro atoms. The third kappa shape index (κ3) is 4.68. The largest absolute Gasteiger partial charge is 0.344 e. The Kier molecular flexibility index (Phi) is 7.45. The Balaban J connectivity index is 1.51. The SMILES string of the molecule is CCN1/C(=C/C=C/C=C/C=C/C2=[N+](CC)c3ccc(Br)cc3C2(C)C)C(C)(C)c2cc(Br)ccc21. The van der Waals surface area contributed by atoms with Crippen molar-refractivity contribution in [2.24, 2.45) is 0 Å². The molecule has 182 valence electrons. The van der Waals surface area contributed by atoms with E-state index in [1.165, 1.54) is 33.9 Å². The number of likely N-dealkylation sites (N-methyl/N-ethyl adjacent to an activating group) is 1. The maximum atomic E-state index is 3.64. The summed E-state index contributed by atoms with van der Waals surface area (Å²) in [6.07, 6.45) is 15.2. The lowest BCUT2D eigenvalue weighted by Gasteiger charge is -2.25. The first-order valence-corrected chi connectivity index (χ1v) is 14.0. The monoisotopic (exact) mass is 593 g/mol. The molecule has 0 unspecified atom stereocenters. The number of hydrogen-bond donors (Lipinski definition) is 0. The lowest BCUT2D eigenvalue weighted by molar-refractivity contribution is -0.433. The van der Waals surface area contributed by atoms with Crippen molar-refractivity contribution in [3.05, 3.63) is 105 Å². The lowest BCUT2D eigenvalue weighted by Crippen LogP contribution is -2.27. The second-order valence-corrected chi connectivity index (χ2v) is 12.0. The minimum atomic E-state index is -0.0264. The summed E-state index contributed by atoms with van der Waals surface area (Å²) < 4.78 is 4.68. The first kappa shape index (κ1) is 25.9. The summed E-state index contributed by atoms with van der Waals surface area (Å²) in [5.74, 6) is 0. The molecule has 2 nitrogen and oxygen atoms in total. The predicted octanol–water partition coefficient (Wildman–Crippen LogP) is 8.98. The second-order valence-electron chi connectivity index (χ2n) is 10.1. The number of hydrogen-bond acceptors (Lipinski definition) is 1. The number of fused-ring (bicyclic) bond motifs is 2. The molecule has 2 heterocycles. The fourth-order valence-electron chi connectivity index (χ4n) is 5.46. The highest BCUT2D eigenvalue weighted by atomic mass is 79.9. The zero-order chi connectivity index (χ0) is 25.4. The van der Waals surface area contributed by atoms with Gasteiger partial charge in [0.2, 0.25) is 5.69 Å². The Bertz CT molecular complexity index is 1290. The maximum Gasteiger partial charge on any atom is 0.209 e. The van der Waals surface area contributed by atoms with Gasteiger partial charge in [0.1, 0.15) is 6.54 Å². The number of anilines is 1. The van der Waals surface area contributed by atoms with Gasteiger partial charge in [-0.1, -0.05) is 76.1 Å². The number of benzene rings is 2. The van der Waals surface area contributed by atoms with E-state index in [2.05, 4.69) is 162 Å². The van der Waals surface area contributed by atoms with E-state index in [0.717, 1.165) is 22.0 Å². The van der Waals surface area contributed by atoms with Gasteiger partial charge in [-0.15, -0.1) is 0 Å². The summed E-state index contributed by atoms with van der Waals surface area (Å²) >= 11 is 7.29. The molecule has 0 aromatic heterocycles.